The van der Waals surface area contributed by atoms with Gasteiger partial charge in [0.1, 0.15) is 5.82 Å². The molecule has 0 saturated carbocycles. The summed E-state index contributed by atoms with van der Waals surface area (Å²) in [6.07, 6.45) is 1.52. The Kier molecular flexibility index (Phi) is 4.59. The molecular weight excluding hydrogens is 346 g/mol. The van der Waals surface area contributed by atoms with Crippen LogP contribution in [0.25, 0.3) is 11.4 Å². The van der Waals surface area contributed by atoms with Crippen LogP contribution in [0.5, 0.6) is 0 Å². The summed E-state index contributed by atoms with van der Waals surface area (Å²) in [5, 5.41) is 4.71. The third kappa shape index (κ3) is 3.70. The summed E-state index contributed by atoms with van der Waals surface area (Å²) in [6.45, 7) is 0.590. The molecule has 1 aliphatic rings. The van der Waals surface area contributed by atoms with Crippen LogP contribution in [0.1, 0.15) is 30.1 Å². The highest BCUT2D eigenvalue weighted by Gasteiger charge is 2.30. The van der Waals surface area contributed by atoms with E-state index in [-0.39, 0.29) is 17.4 Å². The molecule has 1 aliphatic heterocycles. The molecule has 0 amide bonds. The van der Waals surface area contributed by atoms with E-state index in [2.05, 4.69) is 0 Å². The zero-order chi connectivity index (χ0) is 18.0. The van der Waals surface area contributed by atoms with Crippen molar-refractivity contribution in [3.05, 3.63) is 72.1 Å². The predicted molar refractivity (Wildman–Crippen MR) is 102 cm³/mol. The van der Waals surface area contributed by atoms with E-state index in [1.165, 1.54) is 0 Å². The predicted octanol–water partition coefficient (Wildman–Crippen LogP) is 3.29. The normalized spacial score (nSPS) is 19.3. The molecule has 1 fully saturated rings. The third-order valence-corrected chi connectivity index (χ3v) is 6.56. The number of hydrogen-bond donors (Lipinski definition) is 0. The highest BCUT2D eigenvalue weighted by atomic mass is 32.2. The lowest BCUT2D eigenvalue weighted by Gasteiger charge is -2.21. The summed E-state index contributed by atoms with van der Waals surface area (Å²) in [5.41, 5.74) is 2.07. The second-order valence-corrected chi connectivity index (χ2v) is 8.99. The summed E-state index contributed by atoms with van der Waals surface area (Å²) in [7, 11) is -3.01. The quantitative estimate of drug-likeness (QED) is 0.710. The Labute approximate surface area is 153 Å². The van der Waals surface area contributed by atoms with Crippen LogP contribution in [0.3, 0.4) is 0 Å². The molecule has 1 saturated heterocycles. The van der Waals surface area contributed by atoms with Gasteiger partial charge in [-0.3, -0.25) is 0 Å². The van der Waals surface area contributed by atoms with Gasteiger partial charge in [0.2, 0.25) is 0 Å². The molecule has 0 spiro atoms. The van der Waals surface area contributed by atoms with Crippen molar-refractivity contribution in [2.45, 2.75) is 25.3 Å². The molecule has 4 rings (SSSR count). The van der Waals surface area contributed by atoms with Crippen LogP contribution in [0.2, 0.25) is 0 Å². The smallest absolute Gasteiger partial charge is 0.181 e. The summed E-state index contributed by atoms with van der Waals surface area (Å²) < 4.78 is 26.1. The van der Waals surface area contributed by atoms with Crippen LogP contribution in [-0.4, -0.2) is 34.7 Å². The zero-order valence-corrected chi connectivity index (χ0v) is 15.3. The van der Waals surface area contributed by atoms with Crippen LogP contribution < -0.4 is 0 Å². The standard InChI is InChI=1S/C20H21N3O2S/c24-26(25)13-7-12-18(15-26)20-21-19(17-10-5-2-6-11-17)22-23(20)14-16-8-3-1-4-9-16/h1-6,8-11,18H,7,12-15H2/t18-/m0/s1. The Morgan fingerprint density at radius 3 is 2.38 bits per heavy atom. The monoisotopic (exact) mass is 367 g/mol. The second kappa shape index (κ2) is 7.03. The van der Waals surface area contributed by atoms with Crippen LogP contribution in [0.4, 0.5) is 0 Å². The Morgan fingerprint density at radius 2 is 1.69 bits per heavy atom. The first kappa shape index (κ1) is 17.0. The summed E-state index contributed by atoms with van der Waals surface area (Å²) in [6, 6.07) is 19.9. The topological polar surface area (TPSA) is 64.8 Å². The molecule has 1 aromatic heterocycles. The van der Waals surface area contributed by atoms with Crippen molar-refractivity contribution in [2.75, 3.05) is 11.5 Å². The molecule has 0 aliphatic carbocycles. The molecule has 0 N–H and O–H groups in total. The summed E-state index contributed by atoms with van der Waals surface area (Å²) >= 11 is 0. The average Bonchev–Trinajstić information content (AvgIpc) is 3.06. The van der Waals surface area contributed by atoms with Crippen molar-refractivity contribution in [2.24, 2.45) is 0 Å². The fourth-order valence-corrected chi connectivity index (χ4v) is 5.17. The first-order valence-corrected chi connectivity index (χ1v) is 10.7. The van der Waals surface area contributed by atoms with Gasteiger partial charge in [0, 0.05) is 11.5 Å². The lowest BCUT2D eigenvalue weighted by Crippen LogP contribution is -2.26. The first-order chi connectivity index (χ1) is 12.6. The third-order valence-electron chi connectivity index (χ3n) is 4.74. The minimum atomic E-state index is -3.01. The number of sulfone groups is 1. The molecule has 134 valence electrons. The van der Waals surface area contributed by atoms with Crippen molar-refractivity contribution in [1.82, 2.24) is 14.8 Å². The van der Waals surface area contributed by atoms with Gasteiger partial charge in [0.15, 0.2) is 15.7 Å². The van der Waals surface area contributed by atoms with E-state index in [1.54, 1.807) is 0 Å². The molecule has 0 unspecified atom stereocenters. The number of nitrogens with zero attached hydrogens (tertiary/aromatic N) is 3. The van der Waals surface area contributed by atoms with E-state index in [9.17, 15) is 8.42 Å². The highest BCUT2D eigenvalue weighted by Crippen LogP contribution is 2.29. The second-order valence-electron chi connectivity index (χ2n) is 6.76. The number of aromatic nitrogens is 3. The molecule has 0 radical (unpaired) electrons. The maximum absolute atomic E-state index is 12.1. The van der Waals surface area contributed by atoms with Gasteiger partial charge >= 0.3 is 0 Å². The van der Waals surface area contributed by atoms with Gasteiger partial charge in [-0.15, -0.1) is 0 Å². The number of benzene rings is 2. The fourth-order valence-electron chi connectivity index (χ4n) is 3.46. The number of rotatable bonds is 4. The van der Waals surface area contributed by atoms with E-state index in [0.717, 1.165) is 23.4 Å². The largest absolute Gasteiger partial charge is 0.245 e. The molecular formula is C20H21N3O2S. The van der Waals surface area contributed by atoms with Gasteiger partial charge in [0.25, 0.3) is 0 Å². The number of hydrogen-bond acceptors (Lipinski definition) is 4. The average molecular weight is 367 g/mol. The molecule has 1 atom stereocenters. The lowest BCUT2D eigenvalue weighted by atomic mass is 10.0. The van der Waals surface area contributed by atoms with Gasteiger partial charge in [0.05, 0.1) is 18.1 Å². The molecule has 26 heavy (non-hydrogen) atoms. The minimum Gasteiger partial charge on any atom is -0.245 e. The van der Waals surface area contributed by atoms with Crippen molar-refractivity contribution >= 4 is 9.84 Å². The Bertz CT molecular complexity index is 982. The SMILES string of the molecule is O=S1(=O)CCC[C@H](c2nc(-c3ccccc3)nn2Cc2ccccc2)C1. The Hall–Kier alpha value is -2.47. The van der Waals surface area contributed by atoms with Gasteiger partial charge in [-0.25, -0.2) is 18.1 Å². The lowest BCUT2D eigenvalue weighted by molar-refractivity contribution is 0.519. The summed E-state index contributed by atoms with van der Waals surface area (Å²) in [4.78, 5) is 4.75. The molecule has 2 aromatic carbocycles. The van der Waals surface area contributed by atoms with E-state index in [1.807, 2.05) is 65.3 Å². The molecule has 5 nitrogen and oxygen atoms in total. The van der Waals surface area contributed by atoms with Crippen LogP contribution in [0, 0.1) is 0 Å². The Balaban J connectivity index is 1.74. The van der Waals surface area contributed by atoms with E-state index >= 15 is 0 Å². The molecule has 0 bridgehead atoms. The maximum atomic E-state index is 12.1. The first-order valence-electron chi connectivity index (χ1n) is 8.85. The van der Waals surface area contributed by atoms with E-state index in [0.29, 0.717) is 18.8 Å². The van der Waals surface area contributed by atoms with E-state index < -0.39 is 9.84 Å². The van der Waals surface area contributed by atoms with E-state index in [4.69, 9.17) is 10.1 Å². The highest BCUT2D eigenvalue weighted by molar-refractivity contribution is 7.91. The van der Waals surface area contributed by atoms with Crippen LogP contribution in [0.15, 0.2) is 60.7 Å². The Morgan fingerprint density at radius 1 is 1.00 bits per heavy atom. The minimum absolute atomic E-state index is 0.0950. The van der Waals surface area contributed by atoms with Crippen molar-refractivity contribution in [1.29, 1.82) is 0 Å². The van der Waals surface area contributed by atoms with Crippen molar-refractivity contribution in [3.63, 3.8) is 0 Å². The van der Waals surface area contributed by atoms with Gasteiger partial charge in [-0.05, 0) is 18.4 Å². The zero-order valence-electron chi connectivity index (χ0n) is 14.5. The van der Waals surface area contributed by atoms with Crippen molar-refractivity contribution in [3.8, 4) is 11.4 Å². The van der Waals surface area contributed by atoms with Gasteiger partial charge in [-0.1, -0.05) is 60.7 Å². The molecule has 3 aromatic rings. The van der Waals surface area contributed by atoms with Crippen LogP contribution >= 0.6 is 0 Å². The fraction of sp³-hybridized carbons (Fsp3) is 0.300. The summed E-state index contributed by atoms with van der Waals surface area (Å²) in [5.74, 6) is 1.77. The maximum Gasteiger partial charge on any atom is 0.181 e. The van der Waals surface area contributed by atoms with Gasteiger partial charge < -0.3 is 0 Å². The van der Waals surface area contributed by atoms with Gasteiger partial charge in [-0.2, -0.15) is 5.10 Å². The van der Waals surface area contributed by atoms with Crippen molar-refractivity contribution < 1.29 is 8.42 Å². The van der Waals surface area contributed by atoms with Crippen LogP contribution in [-0.2, 0) is 16.4 Å². The molecule has 6 heteroatoms. The molecule has 2 heterocycles.